The van der Waals surface area contributed by atoms with Crippen molar-refractivity contribution < 1.29 is 4.39 Å². The van der Waals surface area contributed by atoms with Gasteiger partial charge in [-0.2, -0.15) is 0 Å². The van der Waals surface area contributed by atoms with Crippen molar-refractivity contribution in [3.63, 3.8) is 0 Å². The molecule has 0 fully saturated rings. The second-order valence-electron chi connectivity index (χ2n) is 5.15. The number of hydrogen-bond donors (Lipinski definition) is 1. The molecule has 2 heteroatoms. The second kappa shape index (κ2) is 7.44. The van der Waals surface area contributed by atoms with Crippen molar-refractivity contribution in [2.45, 2.75) is 46.6 Å². The number of rotatable bonds is 7. The Hall–Kier alpha value is -0.890. The van der Waals surface area contributed by atoms with Crippen molar-refractivity contribution in [2.75, 3.05) is 6.54 Å². The Labute approximate surface area is 104 Å². The standard InChI is InChI=1S/C15H24FN/c1-12(2)6-4-5-9-17-11-14-8-7-13(3)15(16)10-14/h7-8,10,12,17H,4-6,9,11H2,1-3H3. The van der Waals surface area contributed by atoms with Crippen LogP contribution in [0.5, 0.6) is 0 Å². The lowest BCUT2D eigenvalue weighted by atomic mass is 10.1. The molecule has 0 aliphatic rings. The topological polar surface area (TPSA) is 12.0 Å². The summed E-state index contributed by atoms with van der Waals surface area (Å²) >= 11 is 0. The van der Waals surface area contributed by atoms with Gasteiger partial charge in [0.25, 0.3) is 0 Å². The van der Waals surface area contributed by atoms with Crippen LogP contribution in [0.4, 0.5) is 4.39 Å². The fourth-order valence-corrected chi connectivity index (χ4v) is 1.78. The van der Waals surface area contributed by atoms with Crippen LogP contribution < -0.4 is 5.32 Å². The largest absolute Gasteiger partial charge is 0.313 e. The molecule has 1 aromatic carbocycles. The Morgan fingerprint density at radius 2 is 2.00 bits per heavy atom. The van der Waals surface area contributed by atoms with Crippen molar-refractivity contribution in [3.8, 4) is 0 Å². The fourth-order valence-electron chi connectivity index (χ4n) is 1.78. The van der Waals surface area contributed by atoms with Crippen molar-refractivity contribution in [2.24, 2.45) is 5.92 Å². The van der Waals surface area contributed by atoms with E-state index in [9.17, 15) is 4.39 Å². The van der Waals surface area contributed by atoms with Crippen LogP contribution in [0.3, 0.4) is 0 Å². The zero-order valence-corrected chi connectivity index (χ0v) is 11.2. The minimum Gasteiger partial charge on any atom is -0.313 e. The highest BCUT2D eigenvalue weighted by Crippen LogP contribution is 2.09. The molecule has 0 unspecified atom stereocenters. The summed E-state index contributed by atoms with van der Waals surface area (Å²) in [5.41, 5.74) is 1.74. The van der Waals surface area contributed by atoms with Gasteiger partial charge in [-0.1, -0.05) is 38.8 Å². The normalized spacial score (nSPS) is 11.1. The van der Waals surface area contributed by atoms with E-state index >= 15 is 0 Å². The van der Waals surface area contributed by atoms with Gasteiger partial charge in [-0.15, -0.1) is 0 Å². The summed E-state index contributed by atoms with van der Waals surface area (Å²) in [5.74, 6) is 0.685. The maximum Gasteiger partial charge on any atom is 0.126 e. The SMILES string of the molecule is Cc1ccc(CNCCCCC(C)C)cc1F. The molecule has 0 aliphatic carbocycles. The van der Waals surface area contributed by atoms with E-state index in [0.29, 0.717) is 5.56 Å². The van der Waals surface area contributed by atoms with E-state index in [1.165, 1.54) is 19.3 Å². The highest BCUT2D eigenvalue weighted by atomic mass is 19.1. The van der Waals surface area contributed by atoms with Gasteiger partial charge in [-0.25, -0.2) is 4.39 Å². The van der Waals surface area contributed by atoms with E-state index in [0.717, 1.165) is 24.6 Å². The number of halogens is 1. The molecule has 96 valence electrons. The van der Waals surface area contributed by atoms with Crippen LogP contribution in [0, 0.1) is 18.7 Å². The molecular weight excluding hydrogens is 213 g/mol. The van der Waals surface area contributed by atoms with Crippen LogP contribution in [-0.2, 0) is 6.54 Å². The molecule has 0 aliphatic heterocycles. The predicted octanol–water partition coefficient (Wildman–Crippen LogP) is 4.05. The van der Waals surface area contributed by atoms with Crippen LogP contribution in [0.25, 0.3) is 0 Å². The molecule has 1 nitrogen and oxygen atoms in total. The van der Waals surface area contributed by atoms with Crippen molar-refractivity contribution >= 4 is 0 Å². The maximum absolute atomic E-state index is 13.3. The lowest BCUT2D eigenvalue weighted by Gasteiger charge is -2.07. The monoisotopic (exact) mass is 237 g/mol. The molecule has 1 aromatic rings. The molecule has 1 N–H and O–H groups in total. The number of unbranched alkanes of at least 4 members (excludes halogenated alkanes) is 1. The highest BCUT2D eigenvalue weighted by Gasteiger charge is 1.99. The summed E-state index contributed by atoms with van der Waals surface area (Å²) in [7, 11) is 0. The maximum atomic E-state index is 13.3. The summed E-state index contributed by atoms with van der Waals surface area (Å²) in [6, 6.07) is 5.45. The average molecular weight is 237 g/mol. The van der Waals surface area contributed by atoms with Crippen LogP contribution in [0.1, 0.15) is 44.2 Å². The van der Waals surface area contributed by atoms with Crippen LogP contribution >= 0.6 is 0 Å². The summed E-state index contributed by atoms with van der Waals surface area (Å²) in [6.45, 7) is 8.07. The summed E-state index contributed by atoms with van der Waals surface area (Å²) < 4.78 is 13.3. The number of hydrogen-bond acceptors (Lipinski definition) is 1. The third-order valence-corrected chi connectivity index (χ3v) is 2.95. The average Bonchev–Trinajstić information content (AvgIpc) is 2.27. The molecule has 0 bridgehead atoms. The second-order valence-corrected chi connectivity index (χ2v) is 5.15. The van der Waals surface area contributed by atoms with Crippen LogP contribution in [0.15, 0.2) is 18.2 Å². The van der Waals surface area contributed by atoms with Gasteiger partial charge < -0.3 is 5.32 Å². The first-order valence-corrected chi connectivity index (χ1v) is 6.55. The van der Waals surface area contributed by atoms with Gasteiger partial charge in [0.15, 0.2) is 0 Å². The van der Waals surface area contributed by atoms with Gasteiger partial charge in [0.2, 0.25) is 0 Å². The fraction of sp³-hybridized carbons (Fsp3) is 0.600. The zero-order valence-electron chi connectivity index (χ0n) is 11.2. The van der Waals surface area contributed by atoms with Gasteiger partial charge in [0.05, 0.1) is 0 Å². The lowest BCUT2D eigenvalue weighted by molar-refractivity contribution is 0.520. The smallest absolute Gasteiger partial charge is 0.126 e. The molecule has 0 aromatic heterocycles. The Bertz CT molecular complexity index is 334. The Balaban J connectivity index is 2.16. The third kappa shape index (κ3) is 5.83. The predicted molar refractivity (Wildman–Crippen MR) is 71.5 cm³/mol. The van der Waals surface area contributed by atoms with Crippen molar-refractivity contribution in [3.05, 3.63) is 35.1 Å². The molecule has 0 heterocycles. The van der Waals surface area contributed by atoms with E-state index < -0.39 is 0 Å². The van der Waals surface area contributed by atoms with Gasteiger partial charge in [-0.05, 0) is 43.0 Å². The van der Waals surface area contributed by atoms with Crippen molar-refractivity contribution in [1.82, 2.24) is 5.32 Å². The van der Waals surface area contributed by atoms with E-state index in [1.807, 2.05) is 12.1 Å². The minimum absolute atomic E-state index is 0.107. The number of benzene rings is 1. The Morgan fingerprint density at radius 3 is 2.65 bits per heavy atom. The molecule has 1 rings (SSSR count). The molecule has 0 radical (unpaired) electrons. The molecule has 0 saturated heterocycles. The van der Waals surface area contributed by atoms with Gasteiger partial charge in [0, 0.05) is 6.54 Å². The first-order chi connectivity index (χ1) is 8.09. The molecule has 0 atom stereocenters. The van der Waals surface area contributed by atoms with Crippen LogP contribution in [0.2, 0.25) is 0 Å². The first kappa shape index (κ1) is 14.2. The van der Waals surface area contributed by atoms with Crippen LogP contribution in [-0.4, -0.2) is 6.54 Å². The number of aryl methyl sites for hydroxylation is 1. The van der Waals surface area contributed by atoms with Gasteiger partial charge in [-0.3, -0.25) is 0 Å². The minimum atomic E-state index is -0.107. The van der Waals surface area contributed by atoms with E-state index in [-0.39, 0.29) is 5.82 Å². The first-order valence-electron chi connectivity index (χ1n) is 6.55. The molecule has 17 heavy (non-hydrogen) atoms. The third-order valence-electron chi connectivity index (χ3n) is 2.95. The van der Waals surface area contributed by atoms with E-state index in [1.54, 1.807) is 13.0 Å². The molecule has 0 spiro atoms. The summed E-state index contributed by atoms with van der Waals surface area (Å²) in [4.78, 5) is 0. The Kier molecular flexibility index (Phi) is 6.20. The van der Waals surface area contributed by atoms with Crippen molar-refractivity contribution in [1.29, 1.82) is 0 Å². The quantitative estimate of drug-likeness (QED) is 0.705. The Morgan fingerprint density at radius 1 is 1.24 bits per heavy atom. The summed E-state index contributed by atoms with van der Waals surface area (Å²) in [6.07, 6.45) is 3.76. The van der Waals surface area contributed by atoms with Gasteiger partial charge in [0.1, 0.15) is 5.82 Å². The molecule has 0 amide bonds. The molecular formula is C15H24FN. The lowest BCUT2D eigenvalue weighted by Crippen LogP contribution is -2.15. The van der Waals surface area contributed by atoms with Gasteiger partial charge >= 0.3 is 0 Å². The molecule has 0 saturated carbocycles. The van der Waals surface area contributed by atoms with E-state index in [4.69, 9.17) is 0 Å². The number of nitrogens with one attached hydrogen (secondary N) is 1. The van der Waals surface area contributed by atoms with E-state index in [2.05, 4.69) is 19.2 Å². The zero-order chi connectivity index (χ0) is 12.7. The highest BCUT2D eigenvalue weighted by molar-refractivity contribution is 5.23. The summed E-state index contributed by atoms with van der Waals surface area (Å²) in [5, 5.41) is 3.36.